The van der Waals surface area contributed by atoms with Crippen LogP contribution in [0.2, 0.25) is 0 Å². The fourth-order valence-corrected chi connectivity index (χ4v) is 6.72. The van der Waals surface area contributed by atoms with Crippen LogP contribution in [0.25, 0.3) is 33.5 Å². The van der Waals surface area contributed by atoms with Gasteiger partial charge in [-0.05, 0) is 59.8 Å². The number of nitrogens with zero attached hydrogens (tertiary/aromatic N) is 4. The average molecular weight is 554 g/mol. The largest absolute Gasteiger partial charge is 0.441 e. The molecule has 1 saturated carbocycles. The molecule has 2 fully saturated rings. The molecule has 0 unspecified atom stereocenters. The number of hydrogen-bond acceptors (Lipinski definition) is 8. The lowest BCUT2D eigenvalue weighted by Crippen LogP contribution is -2.49. The van der Waals surface area contributed by atoms with Gasteiger partial charge in [-0.2, -0.15) is 0 Å². The van der Waals surface area contributed by atoms with Crippen LogP contribution < -0.4 is 5.73 Å². The predicted molar refractivity (Wildman–Crippen MR) is 142 cm³/mol. The third-order valence-corrected chi connectivity index (χ3v) is 8.61. The van der Waals surface area contributed by atoms with E-state index in [4.69, 9.17) is 10.5 Å². The van der Waals surface area contributed by atoms with Gasteiger partial charge < -0.3 is 15.5 Å². The van der Waals surface area contributed by atoms with Crippen molar-refractivity contribution >= 4 is 26.8 Å². The van der Waals surface area contributed by atoms with Crippen LogP contribution in [0, 0.1) is 11.7 Å². The molecule has 2 aliphatic rings. The maximum absolute atomic E-state index is 15.1. The number of para-hydroxylation sites is 1. The summed E-state index contributed by atoms with van der Waals surface area (Å²) in [6, 6.07) is 9.88. The summed E-state index contributed by atoms with van der Waals surface area (Å²) in [7, 11) is -3.41. The number of rotatable bonds is 7. The number of nitrogens with two attached hydrogens (primary N) is 1. The minimum atomic E-state index is -3.41. The van der Waals surface area contributed by atoms with Gasteiger partial charge in [-0.15, -0.1) is 5.10 Å². The fourth-order valence-electron chi connectivity index (χ4n) is 5.92. The van der Waals surface area contributed by atoms with E-state index in [1.54, 1.807) is 11.0 Å². The van der Waals surface area contributed by atoms with E-state index < -0.39 is 27.0 Å². The van der Waals surface area contributed by atoms with E-state index >= 15 is 4.39 Å². The number of H-pyrrole nitrogens is 2. The van der Waals surface area contributed by atoms with Gasteiger partial charge in [-0.1, -0.05) is 30.3 Å². The normalized spacial score (nSPS) is 21.9. The van der Waals surface area contributed by atoms with Crippen LogP contribution in [0.15, 0.2) is 36.4 Å². The highest BCUT2D eigenvalue weighted by atomic mass is 32.2. The van der Waals surface area contributed by atoms with Gasteiger partial charge in [0.25, 0.3) is 0 Å². The zero-order valence-electron chi connectivity index (χ0n) is 21.4. The monoisotopic (exact) mass is 553 g/mol. The lowest BCUT2D eigenvalue weighted by atomic mass is 9.71. The van der Waals surface area contributed by atoms with Gasteiger partial charge in [-0.3, -0.25) is 4.90 Å². The van der Waals surface area contributed by atoms with Gasteiger partial charge in [0.1, 0.15) is 11.4 Å². The van der Waals surface area contributed by atoms with Crippen molar-refractivity contribution in [2.45, 2.75) is 37.2 Å². The molecule has 2 aromatic carbocycles. The molecule has 1 saturated heterocycles. The maximum Gasteiger partial charge on any atom is 0.411 e. The minimum absolute atomic E-state index is 0.0904. The molecule has 3 heterocycles. The number of nitrogens with one attached hydrogen (secondary N) is 2. The second-order valence-electron chi connectivity index (χ2n) is 10.6. The number of fused-ring (bicyclic) bond motifs is 1. The molecule has 1 aliphatic heterocycles. The number of benzene rings is 2. The smallest absolute Gasteiger partial charge is 0.411 e. The molecule has 11 nitrogen and oxygen atoms in total. The van der Waals surface area contributed by atoms with Crippen LogP contribution in [0.4, 0.5) is 9.18 Å². The summed E-state index contributed by atoms with van der Waals surface area (Å²) < 4.78 is 44.4. The Balaban J connectivity index is 1.43. The molecule has 2 aromatic heterocycles. The van der Waals surface area contributed by atoms with Crippen LogP contribution >= 0.6 is 0 Å². The summed E-state index contributed by atoms with van der Waals surface area (Å²) in [6.45, 7) is 3.01. The first kappa shape index (κ1) is 25.4. The molecule has 0 radical (unpaired) electrons. The van der Waals surface area contributed by atoms with E-state index in [1.165, 1.54) is 12.1 Å². The quantitative estimate of drug-likeness (QED) is 0.314. The third-order valence-electron chi connectivity index (χ3n) is 7.78. The highest BCUT2D eigenvalue weighted by Crippen LogP contribution is 2.47. The molecule has 0 bridgehead atoms. The molecule has 1 amide bonds. The number of halogens is 1. The highest BCUT2D eigenvalue weighted by molar-refractivity contribution is 7.89. The summed E-state index contributed by atoms with van der Waals surface area (Å²) in [5.41, 5.74) is 8.70. The molecular formula is C26H28FN7O4S. The number of tetrazole rings is 1. The maximum atomic E-state index is 15.1. The van der Waals surface area contributed by atoms with Gasteiger partial charge in [0.15, 0.2) is 15.7 Å². The fraction of sp³-hybridized carbons (Fsp3) is 0.385. The Morgan fingerprint density at radius 2 is 2.08 bits per heavy atom. The lowest BCUT2D eigenvalue weighted by Gasteiger charge is -2.42. The van der Waals surface area contributed by atoms with E-state index in [2.05, 4.69) is 25.6 Å². The molecule has 1 atom stereocenters. The number of amides is 1. The molecular weight excluding hydrogens is 525 g/mol. The Morgan fingerprint density at radius 3 is 2.74 bits per heavy atom. The summed E-state index contributed by atoms with van der Waals surface area (Å²) >= 11 is 0. The van der Waals surface area contributed by atoms with Crippen molar-refractivity contribution in [3.63, 3.8) is 0 Å². The zero-order valence-corrected chi connectivity index (χ0v) is 22.3. The second kappa shape index (κ2) is 9.12. The van der Waals surface area contributed by atoms with Gasteiger partial charge >= 0.3 is 6.09 Å². The standard InChI is InChI=1S/C26H28FN7O4S/c1-14(34-13-26(38-25(34)35)9-15(10-26)11-28)18-4-3-5-19-21(23(29-22(18)19)24-30-32-33-31-24)16-6-7-17(20(27)8-16)12-39(2,36)37/h3-8,14-15,29H,9-13,28H2,1-2H3,(H,30,31,32,33)/t14-,15?,26?/m0/s1. The first-order valence-electron chi connectivity index (χ1n) is 12.6. The first-order chi connectivity index (χ1) is 18.6. The van der Waals surface area contributed by atoms with Crippen LogP contribution in [-0.4, -0.2) is 70.0 Å². The van der Waals surface area contributed by atoms with Crippen molar-refractivity contribution in [2.24, 2.45) is 11.7 Å². The number of aromatic nitrogens is 5. The SMILES string of the molecule is C[C@@H](c1cccc2c(-c3ccc(CS(C)(=O)=O)c(F)c3)c(-c3nnn[nH]3)[nH]c12)N1CC2(CC(CN)C2)OC1=O. The van der Waals surface area contributed by atoms with E-state index in [9.17, 15) is 13.2 Å². The highest BCUT2D eigenvalue weighted by Gasteiger charge is 2.54. The van der Waals surface area contributed by atoms with Crippen molar-refractivity contribution in [3.05, 3.63) is 53.3 Å². The Kier molecular flexibility index (Phi) is 5.95. The number of hydrogen-bond donors (Lipinski definition) is 3. The zero-order chi connectivity index (χ0) is 27.5. The number of carbonyl (C=O) groups is 1. The second-order valence-corrected chi connectivity index (χ2v) is 12.8. The molecule has 4 aromatic rings. The van der Waals surface area contributed by atoms with E-state index in [1.807, 2.05) is 25.1 Å². The lowest BCUT2D eigenvalue weighted by molar-refractivity contribution is -0.0439. The van der Waals surface area contributed by atoms with Gasteiger partial charge in [-0.25, -0.2) is 22.7 Å². The van der Waals surface area contributed by atoms with Gasteiger partial charge in [0, 0.05) is 22.8 Å². The number of sulfone groups is 1. The number of aromatic amines is 2. The number of ether oxygens (including phenoxy) is 1. The Hall–Kier alpha value is -3.84. The van der Waals surface area contributed by atoms with Crippen molar-refractivity contribution in [1.29, 1.82) is 0 Å². The van der Waals surface area contributed by atoms with E-state index in [0.717, 1.165) is 35.6 Å². The van der Waals surface area contributed by atoms with Crippen molar-refractivity contribution in [3.8, 4) is 22.6 Å². The van der Waals surface area contributed by atoms with E-state index in [0.29, 0.717) is 41.7 Å². The average Bonchev–Trinajstić information content (AvgIpc) is 3.60. The van der Waals surface area contributed by atoms with Gasteiger partial charge in [0.05, 0.1) is 29.6 Å². The minimum Gasteiger partial charge on any atom is -0.441 e. The van der Waals surface area contributed by atoms with Crippen LogP contribution in [0.5, 0.6) is 0 Å². The number of carbonyl (C=O) groups excluding carboxylic acids is 1. The predicted octanol–water partition coefficient (Wildman–Crippen LogP) is 3.32. The Bertz CT molecular complexity index is 1680. The molecule has 13 heteroatoms. The molecule has 4 N–H and O–H groups in total. The van der Waals surface area contributed by atoms with Crippen molar-refractivity contribution < 1.29 is 22.3 Å². The topological polar surface area (TPSA) is 160 Å². The Morgan fingerprint density at radius 1 is 1.28 bits per heavy atom. The van der Waals surface area contributed by atoms with Crippen LogP contribution in [-0.2, 0) is 20.3 Å². The molecule has 39 heavy (non-hydrogen) atoms. The summed E-state index contributed by atoms with van der Waals surface area (Å²) in [5.74, 6) is -0.306. The molecule has 204 valence electrons. The van der Waals surface area contributed by atoms with Crippen molar-refractivity contribution in [2.75, 3.05) is 19.3 Å². The van der Waals surface area contributed by atoms with Crippen LogP contribution in [0.1, 0.15) is 36.9 Å². The first-order valence-corrected chi connectivity index (χ1v) is 14.7. The molecule has 1 aliphatic carbocycles. The molecule has 1 spiro atoms. The molecule has 6 rings (SSSR count). The van der Waals surface area contributed by atoms with Crippen LogP contribution in [0.3, 0.4) is 0 Å². The van der Waals surface area contributed by atoms with Crippen molar-refractivity contribution in [1.82, 2.24) is 30.5 Å². The third kappa shape index (κ3) is 4.44. The van der Waals surface area contributed by atoms with E-state index in [-0.39, 0.29) is 17.7 Å². The Labute approximate surface area is 223 Å². The summed E-state index contributed by atoms with van der Waals surface area (Å²) in [4.78, 5) is 18.1. The van der Waals surface area contributed by atoms with Gasteiger partial charge in [0.2, 0.25) is 0 Å². The summed E-state index contributed by atoms with van der Waals surface area (Å²) in [6.07, 6.45) is 2.24. The summed E-state index contributed by atoms with van der Waals surface area (Å²) in [5, 5.41) is 15.0.